The lowest BCUT2D eigenvalue weighted by Crippen LogP contribution is -2.06. The Labute approximate surface area is 166 Å². The Bertz CT molecular complexity index is 1340. The highest BCUT2D eigenvalue weighted by Gasteiger charge is 2.18. The van der Waals surface area contributed by atoms with E-state index in [1.165, 1.54) is 6.07 Å². The summed E-state index contributed by atoms with van der Waals surface area (Å²) >= 11 is 0. The largest absolute Gasteiger partial charge is 0.486 e. The third-order valence-corrected chi connectivity index (χ3v) is 5.01. The van der Waals surface area contributed by atoms with Crippen molar-refractivity contribution in [1.82, 2.24) is 25.0 Å². The zero-order valence-corrected chi connectivity index (χ0v) is 15.9. The lowest BCUT2D eigenvalue weighted by molar-refractivity contribution is 0.223. The van der Waals surface area contributed by atoms with Gasteiger partial charge in [-0.15, -0.1) is 0 Å². The van der Waals surface area contributed by atoms with Crippen LogP contribution in [-0.4, -0.2) is 25.0 Å². The monoisotopic (exact) mass is 387 g/mol. The van der Waals surface area contributed by atoms with Crippen LogP contribution in [0.1, 0.15) is 18.6 Å². The van der Waals surface area contributed by atoms with Crippen LogP contribution in [0.4, 0.5) is 4.39 Å². The molecule has 0 saturated carbocycles. The lowest BCUT2D eigenvalue weighted by Gasteiger charge is -2.18. The number of hydrogen-bond donors (Lipinski definition) is 1. The summed E-state index contributed by atoms with van der Waals surface area (Å²) in [6.45, 7) is 1.84. The summed E-state index contributed by atoms with van der Waals surface area (Å²) in [4.78, 5) is 4.31. The molecule has 0 bridgehead atoms. The zero-order valence-electron chi connectivity index (χ0n) is 15.9. The Morgan fingerprint density at radius 3 is 2.86 bits per heavy atom. The molecule has 0 fully saturated rings. The van der Waals surface area contributed by atoms with E-state index in [0.717, 1.165) is 33.1 Å². The number of nitrogens with zero attached hydrogens (tertiary/aromatic N) is 4. The smallest absolute Gasteiger partial charge is 0.130 e. The van der Waals surface area contributed by atoms with Crippen LogP contribution in [0.25, 0.3) is 33.1 Å². The SMILES string of the molecule is CC(Oc1ccc2[nH]nc(-c3cnn(C)c3)c2c1)c1c(F)ccc2ncccc12. The van der Waals surface area contributed by atoms with E-state index in [2.05, 4.69) is 20.3 Å². The van der Waals surface area contributed by atoms with Gasteiger partial charge in [-0.25, -0.2) is 4.39 Å². The number of aromatic nitrogens is 5. The Balaban J connectivity index is 1.53. The molecule has 5 rings (SSSR count). The number of hydrogen-bond acceptors (Lipinski definition) is 4. The fraction of sp³-hybridized carbons (Fsp3) is 0.136. The number of rotatable bonds is 4. The molecule has 0 amide bonds. The highest BCUT2D eigenvalue weighted by atomic mass is 19.1. The average molecular weight is 387 g/mol. The average Bonchev–Trinajstić information content (AvgIpc) is 3.33. The first-order chi connectivity index (χ1) is 14.1. The van der Waals surface area contributed by atoms with E-state index in [1.54, 1.807) is 29.2 Å². The molecule has 1 atom stereocenters. The Hall–Kier alpha value is -3.74. The molecule has 3 heterocycles. The number of pyridine rings is 1. The number of halogens is 1. The van der Waals surface area contributed by atoms with Gasteiger partial charge in [0, 0.05) is 41.3 Å². The number of benzene rings is 2. The van der Waals surface area contributed by atoms with Gasteiger partial charge in [0.05, 0.1) is 17.2 Å². The van der Waals surface area contributed by atoms with Gasteiger partial charge in [-0.1, -0.05) is 6.07 Å². The van der Waals surface area contributed by atoms with Gasteiger partial charge in [-0.05, 0) is 43.3 Å². The van der Waals surface area contributed by atoms with Crippen molar-refractivity contribution in [2.24, 2.45) is 7.05 Å². The highest BCUT2D eigenvalue weighted by molar-refractivity contribution is 5.93. The van der Waals surface area contributed by atoms with Crippen molar-refractivity contribution in [3.8, 4) is 17.0 Å². The van der Waals surface area contributed by atoms with Gasteiger partial charge in [0.15, 0.2) is 0 Å². The lowest BCUT2D eigenvalue weighted by atomic mass is 10.0. The Morgan fingerprint density at radius 1 is 1.14 bits per heavy atom. The second-order valence-electron chi connectivity index (χ2n) is 6.97. The van der Waals surface area contributed by atoms with Gasteiger partial charge in [0.1, 0.15) is 23.4 Å². The molecule has 7 heteroatoms. The molecule has 6 nitrogen and oxygen atoms in total. The molecule has 0 saturated heterocycles. The van der Waals surface area contributed by atoms with Gasteiger partial charge in [0.2, 0.25) is 0 Å². The first-order valence-corrected chi connectivity index (χ1v) is 9.27. The minimum Gasteiger partial charge on any atom is -0.486 e. The van der Waals surface area contributed by atoms with Crippen molar-refractivity contribution in [2.45, 2.75) is 13.0 Å². The van der Waals surface area contributed by atoms with Crippen LogP contribution < -0.4 is 4.74 Å². The van der Waals surface area contributed by atoms with Gasteiger partial charge in [-0.3, -0.25) is 14.8 Å². The third kappa shape index (κ3) is 3.00. The molecule has 0 aliphatic rings. The van der Waals surface area contributed by atoms with Crippen molar-refractivity contribution in [1.29, 1.82) is 0 Å². The van der Waals surface area contributed by atoms with E-state index in [1.807, 2.05) is 44.4 Å². The molecular formula is C22H18FN5O. The second-order valence-corrected chi connectivity index (χ2v) is 6.97. The van der Waals surface area contributed by atoms with E-state index < -0.39 is 6.10 Å². The standard InChI is InChI=1S/C22H18FN5O/c1-13(21-16-4-3-9-24-19(16)8-6-18(21)23)29-15-5-7-20-17(10-15)22(27-26-20)14-11-25-28(2)12-14/h3-13H,1-2H3,(H,26,27). The van der Waals surface area contributed by atoms with Crippen molar-refractivity contribution in [3.05, 3.63) is 72.4 Å². The molecule has 0 aliphatic carbocycles. The molecule has 3 aromatic heterocycles. The summed E-state index contributed by atoms with van der Waals surface area (Å²) in [6, 6.07) is 12.5. The van der Waals surface area contributed by atoms with Gasteiger partial charge in [0.25, 0.3) is 0 Å². The number of nitrogens with one attached hydrogen (secondary N) is 1. The second kappa shape index (κ2) is 6.70. The van der Waals surface area contributed by atoms with Crippen LogP contribution in [-0.2, 0) is 7.05 Å². The fourth-order valence-electron chi connectivity index (χ4n) is 3.65. The molecule has 1 N–H and O–H groups in total. The van der Waals surface area contributed by atoms with E-state index in [4.69, 9.17) is 4.74 Å². The molecule has 144 valence electrons. The summed E-state index contributed by atoms with van der Waals surface area (Å²) in [5.74, 6) is 0.329. The van der Waals surface area contributed by atoms with E-state index in [0.29, 0.717) is 11.3 Å². The number of ether oxygens (including phenoxy) is 1. The van der Waals surface area contributed by atoms with E-state index >= 15 is 0 Å². The quantitative estimate of drug-likeness (QED) is 0.481. The third-order valence-electron chi connectivity index (χ3n) is 5.01. The van der Waals surface area contributed by atoms with E-state index in [9.17, 15) is 4.39 Å². The fourth-order valence-corrected chi connectivity index (χ4v) is 3.65. The van der Waals surface area contributed by atoms with Gasteiger partial charge in [-0.2, -0.15) is 10.2 Å². The highest BCUT2D eigenvalue weighted by Crippen LogP contribution is 2.33. The van der Waals surface area contributed by atoms with Crippen LogP contribution in [0.5, 0.6) is 5.75 Å². The predicted molar refractivity (Wildman–Crippen MR) is 109 cm³/mol. The number of aromatic amines is 1. The summed E-state index contributed by atoms with van der Waals surface area (Å²) in [5.41, 5.74) is 3.84. The Morgan fingerprint density at radius 2 is 2.03 bits per heavy atom. The Kier molecular flexibility index (Phi) is 4.01. The summed E-state index contributed by atoms with van der Waals surface area (Å²) in [6.07, 6.45) is 4.88. The predicted octanol–water partition coefficient (Wildman–Crippen LogP) is 4.79. The molecule has 1 unspecified atom stereocenters. The zero-order chi connectivity index (χ0) is 20.0. The maximum Gasteiger partial charge on any atom is 0.130 e. The molecule has 29 heavy (non-hydrogen) atoms. The molecule has 2 aromatic carbocycles. The van der Waals surface area contributed by atoms with Crippen LogP contribution in [0, 0.1) is 5.82 Å². The van der Waals surface area contributed by atoms with Gasteiger partial charge < -0.3 is 4.74 Å². The number of H-pyrrole nitrogens is 1. The van der Waals surface area contributed by atoms with Crippen molar-refractivity contribution >= 4 is 21.8 Å². The molecular weight excluding hydrogens is 369 g/mol. The van der Waals surface area contributed by atoms with Crippen LogP contribution in [0.2, 0.25) is 0 Å². The van der Waals surface area contributed by atoms with Crippen molar-refractivity contribution in [3.63, 3.8) is 0 Å². The first kappa shape index (κ1) is 17.4. The summed E-state index contributed by atoms with van der Waals surface area (Å²) in [7, 11) is 1.86. The first-order valence-electron chi connectivity index (χ1n) is 9.27. The summed E-state index contributed by atoms with van der Waals surface area (Å²) in [5, 5.41) is 13.3. The maximum atomic E-state index is 14.6. The minimum atomic E-state index is -0.492. The summed E-state index contributed by atoms with van der Waals surface area (Å²) < 4.78 is 22.5. The normalized spacial score (nSPS) is 12.5. The van der Waals surface area contributed by atoms with Crippen LogP contribution >= 0.6 is 0 Å². The molecule has 5 aromatic rings. The molecule has 0 spiro atoms. The number of fused-ring (bicyclic) bond motifs is 2. The topological polar surface area (TPSA) is 68.6 Å². The van der Waals surface area contributed by atoms with Crippen LogP contribution in [0.15, 0.2) is 61.1 Å². The van der Waals surface area contributed by atoms with Crippen LogP contribution in [0.3, 0.4) is 0 Å². The van der Waals surface area contributed by atoms with Crippen molar-refractivity contribution < 1.29 is 9.13 Å². The number of aryl methyl sites for hydroxylation is 1. The molecule has 0 aliphatic heterocycles. The van der Waals surface area contributed by atoms with Crippen molar-refractivity contribution in [2.75, 3.05) is 0 Å². The maximum absolute atomic E-state index is 14.6. The van der Waals surface area contributed by atoms with Gasteiger partial charge >= 0.3 is 0 Å². The minimum absolute atomic E-state index is 0.307. The molecule has 0 radical (unpaired) electrons. The van der Waals surface area contributed by atoms with E-state index in [-0.39, 0.29) is 5.82 Å².